The van der Waals surface area contributed by atoms with E-state index >= 15 is 0 Å². The van der Waals surface area contributed by atoms with Crippen molar-refractivity contribution < 1.29 is 0 Å². The molecule has 0 unspecified atom stereocenters. The smallest absolute Gasteiger partial charge is 0.0391 e. The molecule has 3 aromatic carbocycles. The molecule has 0 aliphatic rings. The van der Waals surface area contributed by atoms with Gasteiger partial charge in [-0.1, -0.05) is 91.5 Å². The van der Waals surface area contributed by atoms with Gasteiger partial charge in [-0.15, -0.1) is 45.3 Å². The van der Waals surface area contributed by atoms with Crippen molar-refractivity contribution in [3.8, 4) is 20.9 Å². The molecular weight excluding hydrogens is 657 g/mol. The molecule has 0 nitrogen and oxygen atoms in total. The summed E-state index contributed by atoms with van der Waals surface area (Å²) < 4.78 is 6.14. The van der Waals surface area contributed by atoms with Gasteiger partial charge < -0.3 is 0 Å². The summed E-state index contributed by atoms with van der Waals surface area (Å²) >= 11 is 7.95. The Morgan fingerprint density at radius 2 is 0.750 bits per heavy atom. The molecule has 7 aromatic rings. The lowest BCUT2D eigenvalue weighted by atomic mass is 9.94. The van der Waals surface area contributed by atoms with E-state index in [1.165, 1.54) is 138 Å². The number of fused-ring (bicyclic) bond motifs is 6. The molecule has 0 aliphatic carbocycles. The van der Waals surface area contributed by atoms with Gasteiger partial charge in [0.15, 0.2) is 0 Å². The van der Waals surface area contributed by atoms with Gasteiger partial charge in [-0.3, -0.25) is 0 Å². The Hall–Kier alpha value is -2.50. The molecule has 252 valence electrons. The minimum absolute atomic E-state index is 1.20. The van der Waals surface area contributed by atoms with Crippen LogP contribution in [0.1, 0.15) is 115 Å². The molecular formula is C44H52S4. The van der Waals surface area contributed by atoms with Crippen LogP contribution < -0.4 is 0 Å². The monoisotopic (exact) mass is 708 g/mol. The van der Waals surface area contributed by atoms with Crippen molar-refractivity contribution in [1.82, 2.24) is 0 Å². The highest BCUT2D eigenvalue weighted by Crippen LogP contribution is 2.46. The number of unbranched alkanes of at least 4 members (excludes halogenated alkanes) is 4. The van der Waals surface area contributed by atoms with Crippen LogP contribution in [0.25, 0.3) is 61.2 Å². The predicted molar refractivity (Wildman–Crippen MR) is 225 cm³/mol. The van der Waals surface area contributed by atoms with E-state index in [0.717, 1.165) is 0 Å². The fourth-order valence-electron chi connectivity index (χ4n) is 7.24. The summed E-state index contributed by atoms with van der Waals surface area (Å²) in [6.07, 6.45) is 14.9. The van der Waals surface area contributed by atoms with Gasteiger partial charge in [0.1, 0.15) is 0 Å². The summed E-state index contributed by atoms with van der Waals surface area (Å²) in [4.78, 5) is 2.80. The van der Waals surface area contributed by atoms with E-state index in [1.807, 2.05) is 59.2 Å². The molecule has 0 spiro atoms. The lowest BCUT2D eigenvalue weighted by Gasteiger charge is -2.13. The third-order valence-corrected chi connectivity index (χ3v) is 14.2. The molecule has 0 aliphatic heterocycles. The second kappa shape index (κ2) is 16.5. The van der Waals surface area contributed by atoms with E-state index in [-0.39, 0.29) is 0 Å². The molecule has 4 aromatic heterocycles. The highest BCUT2D eigenvalue weighted by molar-refractivity contribution is 7.23. The van der Waals surface area contributed by atoms with Gasteiger partial charge in [0.05, 0.1) is 0 Å². The Labute approximate surface area is 304 Å². The summed E-state index contributed by atoms with van der Waals surface area (Å²) in [6, 6.07) is 19.2. The largest absolute Gasteiger partial charge is 0.143 e. The van der Waals surface area contributed by atoms with Crippen LogP contribution >= 0.6 is 45.3 Å². The first kappa shape index (κ1) is 35.3. The average Bonchev–Trinajstić information content (AvgIpc) is 3.94. The predicted octanol–water partition coefficient (Wildman–Crippen LogP) is 16.3. The molecule has 0 saturated carbocycles. The van der Waals surface area contributed by atoms with Gasteiger partial charge >= 0.3 is 0 Å². The van der Waals surface area contributed by atoms with Gasteiger partial charge in [0.25, 0.3) is 0 Å². The second-order valence-corrected chi connectivity index (χ2v) is 16.9. The summed E-state index contributed by atoms with van der Waals surface area (Å²) in [5.41, 5.74) is 9.23. The van der Waals surface area contributed by atoms with Crippen LogP contribution in [0.4, 0.5) is 0 Å². The van der Waals surface area contributed by atoms with Crippen LogP contribution in [0.3, 0.4) is 0 Å². The van der Waals surface area contributed by atoms with Gasteiger partial charge in [-0.25, -0.2) is 0 Å². The quantitative estimate of drug-likeness (QED) is 0.105. The Bertz CT molecular complexity index is 1940. The van der Waals surface area contributed by atoms with Crippen molar-refractivity contribution in [1.29, 1.82) is 0 Å². The van der Waals surface area contributed by atoms with Crippen LogP contribution in [0.15, 0.2) is 59.3 Å². The van der Waals surface area contributed by atoms with Gasteiger partial charge in [-0.05, 0) is 120 Å². The van der Waals surface area contributed by atoms with Crippen molar-refractivity contribution in [2.45, 2.75) is 119 Å². The Morgan fingerprint density at radius 3 is 1.08 bits per heavy atom. The Kier molecular flexibility index (Phi) is 12.1. The number of benzene rings is 3. The normalized spacial score (nSPS) is 11.7. The fourth-order valence-corrected chi connectivity index (χ4v) is 11.8. The highest BCUT2D eigenvalue weighted by Gasteiger charge is 2.20. The average molecular weight is 709 g/mol. The zero-order valence-electron chi connectivity index (χ0n) is 29.9. The minimum Gasteiger partial charge on any atom is -0.143 e. The lowest BCUT2D eigenvalue weighted by Crippen LogP contribution is -1.96. The Morgan fingerprint density at radius 1 is 0.417 bits per heavy atom. The SMILES string of the molecule is CC.CCCCc1c(CCCC)c2sc(-c3ccc(-c4cc5c(s4)c(CCCC)c(CCCC)c4sccc45)cc3)cc2c2ccsc12. The third kappa shape index (κ3) is 6.80. The summed E-state index contributed by atoms with van der Waals surface area (Å²) in [7, 11) is 0. The van der Waals surface area contributed by atoms with Crippen LogP contribution in [0.5, 0.6) is 0 Å². The number of hydrogen-bond donors (Lipinski definition) is 0. The Balaban J connectivity index is 0.00000197. The van der Waals surface area contributed by atoms with Gasteiger partial charge in [0, 0.05) is 50.1 Å². The van der Waals surface area contributed by atoms with Crippen molar-refractivity contribution in [3.63, 3.8) is 0 Å². The van der Waals surface area contributed by atoms with Crippen LogP contribution in [0.2, 0.25) is 0 Å². The minimum atomic E-state index is 1.20. The number of aryl methyl sites for hydroxylation is 4. The number of hydrogen-bond acceptors (Lipinski definition) is 4. The van der Waals surface area contributed by atoms with Crippen LogP contribution in [-0.2, 0) is 25.7 Å². The van der Waals surface area contributed by atoms with E-state index in [2.05, 4.69) is 87.0 Å². The first-order chi connectivity index (χ1) is 23.7. The van der Waals surface area contributed by atoms with E-state index in [0.29, 0.717) is 0 Å². The molecule has 7 rings (SSSR count). The maximum atomic E-state index is 2.49. The molecule has 4 heterocycles. The molecule has 48 heavy (non-hydrogen) atoms. The third-order valence-electron chi connectivity index (χ3n) is 9.78. The van der Waals surface area contributed by atoms with E-state index in [1.54, 1.807) is 22.3 Å². The van der Waals surface area contributed by atoms with Gasteiger partial charge in [-0.2, -0.15) is 0 Å². The molecule has 4 heteroatoms. The topological polar surface area (TPSA) is 0 Å². The number of rotatable bonds is 14. The maximum Gasteiger partial charge on any atom is 0.0391 e. The fraction of sp³-hybridized carbons (Fsp3) is 0.409. The zero-order valence-corrected chi connectivity index (χ0v) is 33.2. The second-order valence-electron chi connectivity index (χ2n) is 12.9. The zero-order chi connectivity index (χ0) is 33.6. The van der Waals surface area contributed by atoms with Crippen molar-refractivity contribution in [2.24, 2.45) is 0 Å². The maximum absolute atomic E-state index is 2.49. The molecule has 0 N–H and O–H groups in total. The molecule has 0 radical (unpaired) electrons. The van der Waals surface area contributed by atoms with E-state index in [4.69, 9.17) is 0 Å². The van der Waals surface area contributed by atoms with Crippen LogP contribution in [0, 0.1) is 0 Å². The van der Waals surface area contributed by atoms with Crippen molar-refractivity contribution >= 4 is 85.7 Å². The summed E-state index contributed by atoms with van der Waals surface area (Å²) in [5.74, 6) is 0. The first-order valence-electron chi connectivity index (χ1n) is 18.7. The standard InChI is InChI=1S/C42H46S4.C2H6/c1-5-9-13-29-31(15-11-7-3)41-35(33-21-23-43-39(29)33)25-37(45-41)27-17-19-28(20-18-27)38-26-36-34-22-24-44-40(34)30(14-10-6-2)32(16-12-8-4)42(36)46-38;1-2/h17-26H,5-16H2,1-4H3;1-2H3. The van der Waals surface area contributed by atoms with E-state index in [9.17, 15) is 0 Å². The first-order valence-corrected chi connectivity index (χ1v) is 22.1. The molecule has 0 saturated heterocycles. The summed E-state index contributed by atoms with van der Waals surface area (Å²) in [6.45, 7) is 13.3. The number of thiophene rings is 4. The molecule has 0 amide bonds. The van der Waals surface area contributed by atoms with Gasteiger partial charge in [0.2, 0.25) is 0 Å². The molecule has 0 bridgehead atoms. The highest BCUT2D eigenvalue weighted by atomic mass is 32.1. The van der Waals surface area contributed by atoms with E-state index < -0.39 is 0 Å². The lowest BCUT2D eigenvalue weighted by molar-refractivity contribution is 0.766. The van der Waals surface area contributed by atoms with Crippen molar-refractivity contribution in [3.05, 3.63) is 81.5 Å². The molecule has 0 fully saturated rings. The van der Waals surface area contributed by atoms with Crippen molar-refractivity contribution in [2.75, 3.05) is 0 Å². The molecule has 0 atom stereocenters. The van der Waals surface area contributed by atoms with Crippen LogP contribution in [-0.4, -0.2) is 0 Å². The summed E-state index contributed by atoms with van der Waals surface area (Å²) in [5, 5.41) is 10.5.